The normalized spacial score (nSPS) is 19.6. The molecule has 1 aliphatic rings. The van der Waals surface area contributed by atoms with E-state index in [1.807, 2.05) is 6.92 Å². The van der Waals surface area contributed by atoms with Gasteiger partial charge in [-0.3, -0.25) is 9.80 Å². The highest BCUT2D eigenvalue weighted by atomic mass is 32.1. The van der Waals surface area contributed by atoms with Crippen LogP contribution in [0, 0.1) is 0 Å². The molecule has 1 atom stereocenters. The quantitative estimate of drug-likeness (QED) is 0.843. The highest BCUT2D eigenvalue weighted by molar-refractivity contribution is 7.09. The van der Waals surface area contributed by atoms with Crippen molar-refractivity contribution in [3.8, 4) is 0 Å². The van der Waals surface area contributed by atoms with Gasteiger partial charge in [0.15, 0.2) is 0 Å². The number of aromatic nitrogens is 1. The maximum atomic E-state index is 5.86. The molecule has 0 saturated carbocycles. The largest absolute Gasteiger partial charge is 0.322 e. The van der Waals surface area contributed by atoms with Gasteiger partial charge < -0.3 is 10.6 Å². The minimum atomic E-state index is 0.0524. The van der Waals surface area contributed by atoms with E-state index in [9.17, 15) is 0 Å². The maximum absolute atomic E-state index is 5.86. The molecule has 1 aliphatic heterocycles. The van der Waals surface area contributed by atoms with Crippen molar-refractivity contribution >= 4 is 11.3 Å². The molecular weight excluding hydrogens is 270 g/mol. The Bertz CT molecular complexity index is 396. The topological polar surface area (TPSA) is 48.6 Å². The predicted octanol–water partition coefficient (Wildman–Crippen LogP) is 0.842. The molecule has 1 aromatic rings. The van der Waals surface area contributed by atoms with E-state index >= 15 is 0 Å². The Kier molecular flexibility index (Phi) is 5.92. The second-order valence-electron chi connectivity index (χ2n) is 5.89. The molecule has 2 N–H and O–H groups in total. The van der Waals surface area contributed by atoms with Gasteiger partial charge in [0.1, 0.15) is 5.01 Å². The first-order valence-corrected chi connectivity index (χ1v) is 8.22. The van der Waals surface area contributed by atoms with Crippen LogP contribution in [0.4, 0.5) is 0 Å². The van der Waals surface area contributed by atoms with Gasteiger partial charge in [0.05, 0.1) is 11.7 Å². The molecule has 0 amide bonds. The Labute approximate surface area is 126 Å². The van der Waals surface area contributed by atoms with Gasteiger partial charge in [0, 0.05) is 51.2 Å². The lowest BCUT2D eigenvalue weighted by atomic mass is 10.3. The number of likely N-dealkylation sites (N-methyl/N-ethyl adjacent to an activating group) is 1. The number of nitrogens with two attached hydrogens (primary N) is 1. The Morgan fingerprint density at radius 3 is 2.50 bits per heavy atom. The summed E-state index contributed by atoms with van der Waals surface area (Å²) in [5.41, 5.74) is 7.03. The van der Waals surface area contributed by atoms with Crippen molar-refractivity contribution in [1.29, 1.82) is 0 Å². The molecule has 1 unspecified atom stereocenters. The molecular formula is C14H27N5S. The second-order valence-corrected chi connectivity index (χ2v) is 6.78. The highest BCUT2D eigenvalue weighted by Crippen LogP contribution is 2.17. The molecule has 0 spiro atoms. The lowest BCUT2D eigenvalue weighted by Gasteiger charge is -2.34. The van der Waals surface area contributed by atoms with E-state index < -0.39 is 0 Å². The van der Waals surface area contributed by atoms with Gasteiger partial charge in [-0.25, -0.2) is 4.98 Å². The number of rotatable bonds is 6. The molecule has 2 rings (SSSR count). The van der Waals surface area contributed by atoms with Crippen LogP contribution in [0.2, 0.25) is 0 Å². The summed E-state index contributed by atoms with van der Waals surface area (Å²) in [7, 11) is 4.27. The summed E-state index contributed by atoms with van der Waals surface area (Å²) in [4.78, 5) is 11.9. The van der Waals surface area contributed by atoms with Gasteiger partial charge in [-0.2, -0.15) is 0 Å². The van der Waals surface area contributed by atoms with Gasteiger partial charge in [-0.1, -0.05) is 0 Å². The monoisotopic (exact) mass is 297 g/mol. The number of nitrogens with zero attached hydrogens (tertiary/aromatic N) is 4. The number of hydrogen-bond acceptors (Lipinski definition) is 6. The zero-order chi connectivity index (χ0) is 14.5. The number of hydrogen-bond donors (Lipinski definition) is 1. The van der Waals surface area contributed by atoms with E-state index in [1.54, 1.807) is 11.3 Å². The Hall–Kier alpha value is -0.530. The van der Waals surface area contributed by atoms with Crippen molar-refractivity contribution in [2.75, 3.05) is 53.4 Å². The van der Waals surface area contributed by atoms with Crippen LogP contribution in [0.3, 0.4) is 0 Å². The van der Waals surface area contributed by atoms with Gasteiger partial charge in [0.25, 0.3) is 0 Å². The van der Waals surface area contributed by atoms with Crippen molar-refractivity contribution in [3.63, 3.8) is 0 Å². The molecule has 20 heavy (non-hydrogen) atoms. The van der Waals surface area contributed by atoms with Crippen LogP contribution >= 0.6 is 11.3 Å². The third-order valence-corrected chi connectivity index (χ3v) is 4.77. The Morgan fingerprint density at radius 2 is 1.95 bits per heavy atom. The summed E-state index contributed by atoms with van der Waals surface area (Å²) >= 11 is 1.68. The summed E-state index contributed by atoms with van der Waals surface area (Å²) in [6.07, 6.45) is 0. The molecule has 0 radical (unpaired) electrons. The summed E-state index contributed by atoms with van der Waals surface area (Å²) in [6, 6.07) is 0.0524. The summed E-state index contributed by atoms with van der Waals surface area (Å²) in [5.74, 6) is 0. The smallest absolute Gasteiger partial charge is 0.109 e. The van der Waals surface area contributed by atoms with Crippen molar-refractivity contribution in [1.82, 2.24) is 19.7 Å². The van der Waals surface area contributed by atoms with Crippen LogP contribution in [0.25, 0.3) is 0 Å². The molecule has 1 saturated heterocycles. The van der Waals surface area contributed by atoms with Crippen LogP contribution in [-0.4, -0.2) is 73.0 Å². The van der Waals surface area contributed by atoms with Crippen LogP contribution in [0.15, 0.2) is 5.38 Å². The molecule has 0 aliphatic carbocycles. The van der Waals surface area contributed by atoms with Gasteiger partial charge in [-0.05, 0) is 21.0 Å². The molecule has 2 heterocycles. The van der Waals surface area contributed by atoms with Crippen LogP contribution < -0.4 is 5.73 Å². The number of thiazole rings is 1. The molecule has 0 bridgehead atoms. The maximum Gasteiger partial charge on any atom is 0.109 e. The van der Waals surface area contributed by atoms with Crippen LogP contribution in [0.1, 0.15) is 23.7 Å². The first-order valence-electron chi connectivity index (χ1n) is 7.34. The second kappa shape index (κ2) is 7.47. The first-order chi connectivity index (χ1) is 9.54. The zero-order valence-electron chi connectivity index (χ0n) is 12.9. The predicted molar refractivity (Wildman–Crippen MR) is 85.0 cm³/mol. The minimum absolute atomic E-state index is 0.0524. The Morgan fingerprint density at radius 1 is 1.30 bits per heavy atom. The van der Waals surface area contributed by atoms with Crippen molar-refractivity contribution in [2.24, 2.45) is 5.73 Å². The van der Waals surface area contributed by atoms with E-state index in [-0.39, 0.29) is 6.04 Å². The van der Waals surface area contributed by atoms with Crippen molar-refractivity contribution in [3.05, 3.63) is 16.1 Å². The van der Waals surface area contributed by atoms with E-state index in [0.29, 0.717) is 0 Å². The SMILES string of the molecule is CC(N)c1nc(CN2CCN(CCN(C)C)CC2)cs1. The standard InChI is InChI=1S/C14H27N5S/c1-12(15)14-16-13(11-20-14)10-19-8-6-18(7-9-19)5-4-17(2)3/h11-12H,4-10,15H2,1-3H3. The van der Waals surface area contributed by atoms with Crippen molar-refractivity contribution in [2.45, 2.75) is 19.5 Å². The lowest BCUT2D eigenvalue weighted by molar-refractivity contribution is 0.120. The average Bonchev–Trinajstić information content (AvgIpc) is 2.86. The molecule has 6 heteroatoms. The molecule has 114 valence electrons. The van der Waals surface area contributed by atoms with E-state index in [0.717, 1.165) is 44.3 Å². The molecule has 5 nitrogen and oxygen atoms in total. The Balaban J connectivity index is 1.73. The van der Waals surface area contributed by atoms with Gasteiger partial charge in [0.2, 0.25) is 0 Å². The third-order valence-electron chi connectivity index (χ3n) is 3.67. The lowest BCUT2D eigenvalue weighted by Crippen LogP contribution is -2.47. The van der Waals surface area contributed by atoms with Crippen molar-refractivity contribution < 1.29 is 0 Å². The average molecular weight is 297 g/mol. The summed E-state index contributed by atoms with van der Waals surface area (Å²) in [6.45, 7) is 9.88. The van der Waals surface area contributed by atoms with Crippen LogP contribution in [0.5, 0.6) is 0 Å². The third kappa shape index (κ3) is 4.79. The molecule has 1 fully saturated rings. The van der Waals surface area contributed by atoms with Crippen LogP contribution in [-0.2, 0) is 6.54 Å². The van der Waals surface area contributed by atoms with E-state index in [1.165, 1.54) is 12.2 Å². The fourth-order valence-corrected chi connectivity index (χ4v) is 3.11. The molecule has 0 aromatic carbocycles. The van der Waals surface area contributed by atoms with Gasteiger partial charge in [-0.15, -0.1) is 11.3 Å². The fraction of sp³-hybridized carbons (Fsp3) is 0.786. The van der Waals surface area contributed by atoms with E-state index in [2.05, 4.69) is 39.2 Å². The molecule has 1 aromatic heterocycles. The summed E-state index contributed by atoms with van der Waals surface area (Å²) < 4.78 is 0. The zero-order valence-corrected chi connectivity index (χ0v) is 13.7. The minimum Gasteiger partial charge on any atom is -0.322 e. The van der Waals surface area contributed by atoms with Gasteiger partial charge >= 0.3 is 0 Å². The number of piperazine rings is 1. The first kappa shape index (κ1) is 15.9. The fourth-order valence-electron chi connectivity index (χ4n) is 2.35. The summed E-state index contributed by atoms with van der Waals surface area (Å²) in [5, 5.41) is 3.20. The van der Waals surface area contributed by atoms with E-state index in [4.69, 9.17) is 5.73 Å². The highest BCUT2D eigenvalue weighted by Gasteiger charge is 2.18.